The highest BCUT2D eigenvalue weighted by molar-refractivity contribution is 5.88. The molecule has 1 aromatic rings. The van der Waals surface area contributed by atoms with E-state index in [0.29, 0.717) is 46.5 Å². The van der Waals surface area contributed by atoms with E-state index in [4.69, 9.17) is 0 Å². The number of carboxylic acids is 1. The number of allylic oxidation sites excluding steroid dienone is 3. The molecule has 4 saturated carbocycles. The van der Waals surface area contributed by atoms with Crippen LogP contribution in [0.25, 0.3) is 5.57 Å². The molecule has 0 radical (unpaired) electrons. The van der Waals surface area contributed by atoms with Gasteiger partial charge < -0.3 is 10.4 Å². The first-order valence-corrected chi connectivity index (χ1v) is 18.5. The Labute approximate surface area is 312 Å². The Balaban J connectivity index is 0.00000107. The van der Waals surface area contributed by atoms with Gasteiger partial charge in [0.1, 0.15) is 0 Å². The average Bonchev–Trinajstić information content (AvgIpc) is 3.56. The van der Waals surface area contributed by atoms with Crippen LogP contribution in [-0.2, 0) is 4.79 Å². The van der Waals surface area contributed by atoms with Gasteiger partial charge in [-0.15, -0.1) is 58.0 Å². The number of nitrogens with one attached hydrogen (secondary N) is 1. The van der Waals surface area contributed by atoms with Crippen molar-refractivity contribution in [3.05, 3.63) is 54.1 Å². The summed E-state index contributed by atoms with van der Waals surface area (Å²) < 4.78 is 0. The lowest BCUT2D eigenvalue weighted by atomic mass is 9.33. The molecule has 51 heavy (non-hydrogen) atoms. The molecule has 2 N–H and O–H groups in total. The number of terminal acetylenes is 4. The zero-order valence-corrected chi connectivity index (χ0v) is 32.6. The number of amides is 1. The number of hydrogen-bond donors (Lipinski definition) is 2. The third-order valence-corrected chi connectivity index (χ3v) is 14.1. The first kappa shape index (κ1) is 44.9. The molecule has 0 heterocycles. The lowest BCUT2D eigenvalue weighted by Gasteiger charge is -2.72. The minimum absolute atomic E-state index is 0.0361. The lowest BCUT2D eigenvalue weighted by Crippen LogP contribution is -2.67. The second-order valence-corrected chi connectivity index (χ2v) is 16.1. The molecular formula is C47H65NO3. The maximum absolute atomic E-state index is 12.6. The summed E-state index contributed by atoms with van der Waals surface area (Å²) in [4.78, 5) is 24.1. The van der Waals surface area contributed by atoms with E-state index in [1.54, 1.807) is 18.2 Å². The summed E-state index contributed by atoms with van der Waals surface area (Å²) in [5.74, 6) is 2.02. The number of rotatable bonds is 4. The minimum atomic E-state index is -0.864. The Kier molecular flexibility index (Phi) is 16.2. The van der Waals surface area contributed by atoms with Crippen LogP contribution in [0.4, 0.5) is 0 Å². The predicted molar refractivity (Wildman–Crippen MR) is 216 cm³/mol. The minimum Gasteiger partial charge on any atom is -0.478 e. The molecule has 5 aliphatic carbocycles. The summed E-state index contributed by atoms with van der Waals surface area (Å²) in [6, 6.07) is 7.56. The van der Waals surface area contributed by atoms with Crippen LogP contribution >= 0.6 is 0 Å². The number of benzene rings is 1. The SMILES string of the molecule is C#C.C#C.C#C.C#C.C=CC.CCC(=O)N[C@]12CCCC1[C@H]1CCC3[C@@]4(C)CC=C(c5ccc(C(=O)O)cc5)C(C)(C)C4CC[C@@]3(C)[C@]1(C)CC2. The van der Waals surface area contributed by atoms with Gasteiger partial charge in [-0.05, 0) is 133 Å². The molecule has 1 amide bonds. The van der Waals surface area contributed by atoms with Gasteiger partial charge in [-0.3, -0.25) is 4.79 Å². The molecule has 4 fully saturated rings. The molecule has 4 nitrogen and oxygen atoms in total. The van der Waals surface area contributed by atoms with Crippen LogP contribution in [0.1, 0.15) is 135 Å². The molecule has 1 aromatic carbocycles. The first-order valence-electron chi connectivity index (χ1n) is 18.5. The van der Waals surface area contributed by atoms with Crippen molar-refractivity contribution in [2.75, 3.05) is 0 Å². The van der Waals surface area contributed by atoms with Gasteiger partial charge in [0.15, 0.2) is 0 Å². The third kappa shape index (κ3) is 7.73. The summed E-state index contributed by atoms with van der Waals surface area (Å²) in [5.41, 5.74) is 3.91. The van der Waals surface area contributed by atoms with E-state index < -0.39 is 5.97 Å². The molecule has 0 spiro atoms. The zero-order chi connectivity index (χ0) is 39.4. The van der Waals surface area contributed by atoms with Gasteiger partial charge in [-0.2, -0.15) is 0 Å². The van der Waals surface area contributed by atoms with E-state index in [0.717, 1.165) is 12.8 Å². The van der Waals surface area contributed by atoms with Crippen molar-refractivity contribution < 1.29 is 14.7 Å². The Morgan fingerprint density at radius 1 is 0.804 bits per heavy atom. The van der Waals surface area contributed by atoms with E-state index in [2.05, 4.69) is 104 Å². The van der Waals surface area contributed by atoms with E-state index in [9.17, 15) is 14.7 Å². The van der Waals surface area contributed by atoms with Crippen LogP contribution < -0.4 is 5.32 Å². The summed E-state index contributed by atoms with van der Waals surface area (Å²) in [7, 11) is 0. The largest absolute Gasteiger partial charge is 0.478 e. The fraction of sp³-hybridized carbons (Fsp3) is 0.574. The second-order valence-electron chi connectivity index (χ2n) is 16.1. The fourth-order valence-corrected chi connectivity index (χ4v) is 12.0. The second kappa shape index (κ2) is 18.4. The van der Waals surface area contributed by atoms with Gasteiger partial charge in [-0.25, -0.2) is 4.79 Å². The highest BCUT2D eigenvalue weighted by atomic mass is 16.4. The molecule has 8 atom stereocenters. The topological polar surface area (TPSA) is 66.4 Å². The van der Waals surface area contributed by atoms with E-state index >= 15 is 0 Å². The summed E-state index contributed by atoms with van der Waals surface area (Å²) in [6.45, 7) is 20.1. The molecule has 4 heteroatoms. The monoisotopic (exact) mass is 691 g/mol. The van der Waals surface area contributed by atoms with Crippen molar-refractivity contribution in [3.63, 3.8) is 0 Å². The van der Waals surface area contributed by atoms with Gasteiger partial charge >= 0.3 is 5.97 Å². The van der Waals surface area contributed by atoms with E-state index in [-0.39, 0.29) is 22.3 Å². The van der Waals surface area contributed by atoms with Crippen LogP contribution in [0.5, 0.6) is 0 Å². The Hall–Kier alpha value is -4.12. The Bertz CT molecular complexity index is 1430. The van der Waals surface area contributed by atoms with Gasteiger partial charge in [0, 0.05) is 12.0 Å². The van der Waals surface area contributed by atoms with Crippen LogP contribution in [-0.4, -0.2) is 22.5 Å². The first-order chi connectivity index (χ1) is 24.2. The number of aromatic carboxylic acids is 1. The molecular weight excluding hydrogens is 627 g/mol. The van der Waals surface area contributed by atoms with Crippen molar-refractivity contribution in [2.24, 2.45) is 45.3 Å². The van der Waals surface area contributed by atoms with E-state index in [1.807, 2.05) is 26.0 Å². The summed E-state index contributed by atoms with van der Waals surface area (Å²) in [5, 5.41) is 13.0. The number of hydrogen-bond acceptors (Lipinski definition) is 2. The van der Waals surface area contributed by atoms with Crippen LogP contribution in [0.15, 0.2) is 43.0 Å². The van der Waals surface area contributed by atoms with Crippen molar-refractivity contribution in [1.29, 1.82) is 0 Å². The maximum atomic E-state index is 12.6. The quantitative estimate of drug-likeness (QED) is 0.244. The zero-order valence-electron chi connectivity index (χ0n) is 32.6. The number of carbonyl (C=O) groups is 2. The predicted octanol–water partition coefficient (Wildman–Crippen LogP) is 10.7. The molecule has 0 bridgehead atoms. The van der Waals surface area contributed by atoms with Gasteiger partial charge in [0.25, 0.3) is 0 Å². The van der Waals surface area contributed by atoms with E-state index in [1.165, 1.54) is 62.5 Å². The van der Waals surface area contributed by atoms with Crippen LogP contribution in [0.2, 0.25) is 0 Å². The smallest absolute Gasteiger partial charge is 0.335 e. The number of carboxylic acid groups (broad SMARTS) is 1. The van der Waals surface area contributed by atoms with Crippen molar-refractivity contribution in [1.82, 2.24) is 5.32 Å². The molecule has 5 aliphatic rings. The van der Waals surface area contributed by atoms with Crippen LogP contribution in [0.3, 0.4) is 0 Å². The maximum Gasteiger partial charge on any atom is 0.335 e. The number of fused-ring (bicyclic) bond motifs is 7. The Morgan fingerprint density at radius 2 is 1.37 bits per heavy atom. The Morgan fingerprint density at radius 3 is 1.90 bits per heavy atom. The van der Waals surface area contributed by atoms with Gasteiger partial charge in [0.05, 0.1) is 5.56 Å². The van der Waals surface area contributed by atoms with Gasteiger partial charge in [-0.1, -0.05) is 72.2 Å². The highest BCUT2D eigenvalue weighted by Gasteiger charge is 2.69. The highest BCUT2D eigenvalue weighted by Crippen LogP contribution is 2.76. The summed E-state index contributed by atoms with van der Waals surface area (Å²) >= 11 is 0. The fourth-order valence-electron chi connectivity index (χ4n) is 12.0. The molecule has 0 aromatic heterocycles. The molecule has 0 saturated heterocycles. The van der Waals surface area contributed by atoms with Crippen molar-refractivity contribution in [3.8, 4) is 51.4 Å². The summed E-state index contributed by atoms with van der Waals surface area (Å²) in [6.07, 6.45) is 49.2. The van der Waals surface area contributed by atoms with Crippen molar-refractivity contribution >= 4 is 17.4 Å². The molecule has 6 rings (SSSR count). The molecule has 3 unspecified atom stereocenters. The van der Waals surface area contributed by atoms with Gasteiger partial charge in [0.2, 0.25) is 5.91 Å². The molecule has 276 valence electrons. The van der Waals surface area contributed by atoms with Crippen LogP contribution in [0, 0.1) is 96.7 Å². The lowest BCUT2D eigenvalue weighted by molar-refractivity contribution is -0.216. The normalized spacial score (nSPS) is 34.5. The third-order valence-electron chi connectivity index (χ3n) is 14.1. The average molecular weight is 692 g/mol. The number of carbonyl (C=O) groups excluding carboxylic acids is 1. The van der Waals surface area contributed by atoms with Crippen molar-refractivity contribution in [2.45, 2.75) is 125 Å². The standard InChI is InChI=1S/C36H51NO3.C3H6.4C2H2/c1-7-30(38)37-36-18-8-9-27(36)26-14-15-29-33(4)19-16-25(23-10-12-24(13-11-23)31(39)40)32(2,3)28(33)17-20-35(29,6)34(26,5)21-22-36;1-3-2;4*1-2/h10-13,16,26-29H,7-9,14-15,17-22H2,1-6H3,(H,37,38)(H,39,40);3H,1H2,2H3;4*1-2H/t26-,27?,28?,29?,33+,34-,35-,36+;;;;;/m1...../s1. The molecule has 0 aliphatic heterocycles.